The number of hydrogen-bond acceptors (Lipinski definition) is 4. The zero-order chi connectivity index (χ0) is 16.0. The molecule has 1 N–H and O–H groups in total. The number of allylic oxidation sites excluding steroid dienone is 2. The number of hydrogen-bond donors (Lipinski definition) is 1. The van der Waals surface area contributed by atoms with Crippen molar-refractivity contribution in [3.8, 4) is 0 Å². The molecule has 2 atom stereocenters. The van der Waals surface area contributed by atoms with E-state index in [-0.39, 0.29) is 12.4 Å². The predicted molar refractivity (Wildman–Crippen MR) is 78.9 cm³/mol. The fourth-order valence-corrected chi connectivity index (χ4v) is 2.67. The largest absolute Gasteiger partial charge is 0.481 e. The molecule has 1 aliphatic rings. The van der Waals surface area contributed by atoms with Crippen LogP contribution in [0.2, 0.25) is 0 Å². The van der Waals surface area contributed by atoms with E-state index in [0.29, 0.717) is 19.6 Å². The van der Waals surface area contributed by atoms with Crippen LogP contribution in [0, 0.1) is 5.92 Å². The fraction of sp³-hybridized carbons (Fsp3) is 0.625. The molecule has 118 valence electrons. The van der Waals surface area contributed by atoms with Gasteiger partial charge in [-0.05, 0) is 39.7 Å². The summed E-state index contributed by atoms with van der Waals surface area (Å²) in [4.78, 5) is 23.1. The van der Waals surface area contributed by atoms with Crippen LogP contribution in [0.25, 0.3) is 0 Å². The Balaban J connectivity index is 2.98. The summed E-state index contributed by atoms with van der Waals surface area (Å²) in [6.07, 6.45) is 4.27. The standard InChI is InChI=1S/C16H24O5/c1-5-20-14(17)8-7-12-9-11(3)10-13(15(18)19)16(12,4)21-6-2/h9-10,13H,5-8H2,1-4H3,(H,18,19). The van der Waals surface area contributed by atoms with Crippen LogP contribution < -0.4 is 0 Å². The average molecular weight is 296 g/mol. The SMILES string of the molecule is CCOC(=O)CCC1=CC(C)=CC(C(=O)O)C1(C)OCC. The highest BCUT2D eigenvalue weighted by Gasteiger charge is 2.43. The minimum atomic E-state index is -0.924. The number of aliphatic carboxylic acids is 1. The molecular weight excluding hydrogens is 272 g/mol. The van der Waals surface area contributed by atoms with Crippen molar-refractivity contribution >= 4 is 11.9 Å². The maximum atomic E-state index is 11.5. The number of carboxylic acid groups (broad SMARTS) is 1. The highest BCUT2D eigenvalue weighted by Crippen LogP contribution is 2.38. The molecule has 0 amide bonds. The van der Waals surface area contributed by atoms with Gasteiger partial charge in [0.1, 0.15) is 11.5 Å². The van der Waals surface area contributed by atoms with E-state index >= 15 is 0 Å². The van der Waals surface area contributed by atoms with Gasteiger partial charge < -0.3 is 14.6 Å². The van der Waals surface area contributed by atoms with Crippen molar-refractivity contribution in [2.45, 2.75) is 46.1 Å². The molecule has 0 radical (unpaired) electrons. The Hall–Kier alpha value is -1.62. The third-order valence-electron chi connectivity index (χ3n) is 3.68. The summed E-state index contributed by atoms with van der Waals surface area (Å²) in [6, 6.07) is 0. The first-order valence-corrected chi connectivity index (χ1v) is 7.27. The molecular formula is C16H24O5. The molecule has 21 heavy (non-hydrogen) atoms. The van der Waals surface area contributed by atoms with Crippen LogP contribution in [0.5, 0.6) is 0 Å². The fourth-order valence-electron chi connectivity index (χ4n) is 2.67. The number of rotatable bonds is 7. The van der Waals surface area contributed by atoms with Gasteiger partial charge in [-0.3, -0.25) is 9.59 Å². The average Bonchev–Trinajstić information content (AvgIpc) is 2.40. The molecule has 0 aromatic heterocycles. The van der Waals surface area contributed by atoms with Gasteiger partial charge in [-0.1, -0.05) is 17.7 Å². The molecule has 0 fully saturated rings. The van der Waals surface area contributed by atoms with Gasteiger partial charge in [0.15, 0.2) is 0 Å². The molecule has 0 aromatic carbocycles. The zero-order valence-electron chi connectivity index (χ0n) is 13.1. The Morgan fingerprint density at radius 3 is 2.52 bits per heavy atom. The Labute approximate surface area is 125 Å². The van der Waals surface area contributed by atoms with Crippen molar-refractivity contribution in [3.63, 3.8) is 0 Å². The predicted octanol–water partition coefficient (Wildman–Crippen LogP) is 2.71. The van der Waals surface area contributed by atoms with Crippen molar-refractivity contribution in [3.05, 3.63) is 23.3 Å². The summed E-state index contributed by atoms with van der Waals surface area (Å²) in [5, 5.41) is 9.45. The highest BCUT2D eigenvalue weighted by atomic mass is 16.5. The van der Waals surface area contributed by atoms with Gasteiger partial charge in [-0.15, -0.1) is 0 Å². The lowest BCUT2D eigenvalue weighted by atomic mass is 9.75. The third-order valence-corrected chi connectivity index (χ3v) is 3.68. The van der Waals surface area contributed by atoms with E-state index in [9.17, 15) is 14.7 Å². The second-order valence-corrected chi connectivity index (χ2v) is 5.24. The number of carbonyl (C=O) groups excluding carboxylic acids is 1. The van der Waals surface area contributed by atoms with Gasteiger partial charge in [-0.25, -0.2) is 0 Å². The summed E-state index contributed by atoms with van der Waals surface area (Å²) in [5.74, 6) is -1.96. The quantitative estimate of drug-likeness (QED) is 0.731. The van der Waals surface area contributed by atoms with Crippen LogP contribution >= 0.6 is 0 Å². The van der Waals surface area contributed by atoms with E-state index < -0.39 is 17.5 Å². The van der Waals surface area contributed by atoms with Crippen molar-refractivity contribution in [2.24, 2.45) is 5.92 Å². The highest BCUT2D eigenvalue weighted by molar-refractivity contribution is 5.76. The Morgan fingerprint density at radius 2 is 2.00 bits per heavy atom. The number of carbonyl (C=O) groups is 2. The first-order valence-electron chi connectivity index (χ1n) is 7.27. The number of ether oxygens (including phenoxy) is 2. The monoisotopic (exact) mass is 296 g/mol. The van der Waals surface area contributed by atoms with Gasteiger partial charge in [0, 0.05) is 13.0 Å². The molecule has 0 spiro atoms. The second kappa shape index (κ2) is 7.41. The van der Waals surface area contributed by atoms with Gasteiger partial charge in [0.2, 0.25) is 0 Å². The molecule has 5 heteroatoms. The molecule has 0 saturated heterocycles. The summed E-state index contributed by atoms with van der Waals surface area (Å²) in [6.45, 7) is 7.97. The maximum absolute atomic E-state index is 11.5. The summed E-state index contributed by atoms with van der Waals surface area (Å²) >= 11 is 0. The van der Waals surface area contributed by atoms with Gasteiger partial charge >= 0.3 is 11.9 Å². The zero-order valence-corrected chi connectivity index (χ0v) is 13.1. The van der Waals surface area contributed by atoms with Gasteiger partial charge in [0.25, 0.3) is 0 Å². The van der Waals surface area contributed by atoms with Crippen LogP contribution in [-0.4, -0.2) is 35.9 Å². The molecule has 1 aliphatic carbocycles. The molecule has 0 aliphatic heterocycles. The van der Waals surface area contributed by atoms with Crippen molar-refractivity contribution in [2.75, 3.05) is 13.2 Å². The first kappa shape index (κ1) is 17.4. The minimum Gasteiger partial charge on any atom is -0.481 e. The molecule has 2 unspecified atom stereocenters. The van der Waals surface area contributed by atoms with E-state index in [0.717, 1.165) is 11.1 Å². The lowest BCUT2D eigenvalue weighted by Gasteiger charge is -2.38. The summed E-state index contributed by atoms with van der Waals surface area (Å²) < 4.78 is 10.7. The first-order chi connectivity index (χ1) is 9.85. The molecule has 0 aromatic rings. The minimum absolute atomic E-state index is 0.224. The number of carboxylic acids is 1. The van der Waals surface area contributed by atoms with Gasteiger partial charge in [-0.2, -0.15) is 0 Å². The molecule has 0 heterocycles. The van der Waals surface area contributed by atoms with Crippen LogP contribution in [0.4, 0.5) is 0 Å². The van der Waals surface area contributed by atoms with Crippen molar-refractivity contribution in [1.29, 1.82) is 0 Å². The Bertz CT molecular complexity index is 463. The molecule has 0 bridgehead atoms. The Morgan fingerprint density at radius 1 is 1.33 bits per heavy atom. The van der Waals surface area contributed by atoms with Crippen molar-refractivity contribution < 1.29 is 24.2 Å². The van der Waals surface area contributed by atoms with E-state index in [1.54, 1.807) is 19.9 Å². The van der Waals surface area contributed by atoms with Crippen LogP contribution in [0.15, 0.2) is 23.3 Å². The molecule has 0 saturated carbocycles. The summed E-state index contributed by atoms with van der Waals surface area (Å²) in [7, 11) is 0. The lowest BCUT2D eigenvalue weighted by molar-refractivity contribution is -0.149. The normalized spacial score (nSPS) is 25.0. The summed E-state index contributed by atoms with van der Waals surface area (Å²) in [5.41, 5.74) is 0.773. The topological polar surface area (TPSA) is 72.8 Å². The molecule has 5 nitrogen and oxygen atoms in total. The third kappa shape index (κ3) is 4.17. The van der Waals surface area contributed by atoms with E-state index in [1.165, 1.54) is 0 Å². The van der Waals surface area contributed by atoms with Crippen LogP contribution in [0.1, 0.15) is 40.5 Å². The van der Waals surface area contributed by atoms with E-state index in [4.69, 9.17) is 9.47 Å². The Kier molecular flexibility index (Phi) is 6.15. The smallest absolute Gasteiger partial charge is 0.313 e. The van der Waals surface area contributed by atoms with Crippen LogP contribution in [0.3, 0.4) is 0 Å². The molecule has 1 rings (SSSR count). The van der Waals surface area contributed by atoms with Gasteiger partial charge in [0.05, 0.1) is 6.61 Å². The van der Waals surface area contributed by atoms with Crippen LogP contribution in [-0.2, 0) is 19.1 Å². The number of esters is 1. The lowest BCUT2D eigenvalue weighted by Crippen LogP contribution is -2.45. The van der Waals surface area contributed by atoms with E-state index in [2.05, 4.69) is 0 Å². The maximum Gasteiger partial charge on any atom is 0.313 e. The van der Waals surface area contributed by atoms with Crippen molar-refractivity contribution in [1.82, 2.24) is 0 Å². The van der Waals surface area contributed by atoms with E-state index in [1.807, 2.05) is 19.9 Å². The second-order valence-electron chi connectivity index (χ2n) is 5.24.